The van der Waals surface area contributed by atoms with Gasteiger partial charge in [-0.05, 0) is 19.9 Å². The Balaban J connectivity index is 2.24. The van der Waals surface area contributed by atoms with Crippen molar-refractivity contribution in [3.05, 3.63) is 40.4 Å². The van der Waals surface area contributed by atoms with Crippen molar-refractivity contribution < 1.29 is 18.0 Å². The van der Waals surface area contributed by atoms with Crippen molar-refractivity contribution in [2.75, 3.05) is 0 Å². The number of carbonyl (C=O) groups excluding carboxylic acids is 1. The number of carbonyl (C=O) groups is 1. The summed E-state index contributed by atoms with van der Waals surface area (Å²) in [7, 11) is 0. The van der Waals surface area contributed by atoms with Crippen LogP contribution in [0.15, 0.2) is 18.5 Å². The van der Waals surface area contributed by atoms with Crippen LogP contribution in [0.3, 0.4) is 0 Å². The second-order valence-electron chi connectivity index (χ2n) is 4.99. The number of H-pyrrole nitrogens is 1. The van der Waals surface area contributed by atoms with Crippen LogP contribution in [0.5, 0.6) is 0 Å². The summed E-state index contributed by atoms with van der Waals surface area (Å²) in [5.74, 6) is -0.716. The molecule has 0 fully saturated rings. The van der Waals surface area contributed by atoms with Gasteiger partial charge in [0.2, 0.25) is 0 Å². The summed E-state index contributed by atoms with van der Waals surface area (Å²) in [6, 6.07) is 0.659. The summed E-state index contributed by atoms with van der Waals surface area (Å²) in [5.41, 5.74) is -1.78. The smallest absolute Gasteiger partial charge is 0.340 e. The Morgan fingerprint density at radius 2 is 2.00 bits per heavy atom. The highest BCUT2D eigenvalue weighted by Gasteiger charge is 2.33. The predicted octanol–water partition coefficient (Wildman–Crippen LogP) is 2.54. The molecule has 0 aliphatic carbocycles. The topological polar surface area (TPSA) is 83.6 Å². The summed E-state index contributed by atoms with van der Waals surface area (Å²) < 4.78 is 37.6. The molecule has 2 rings (SSSR count). The van der Waals surface area contributed by atoms with E-state index in [1.807, 2.05) is 0 Å². The van der Waals surface area contributed by atoms with Crippen molar-refractivity contribution in [1.29, 1.82) is 0 Å². The molecule has 10 heteroatoms. The standard InChI is InChI=1S/C12H11ClF3N5O/c1-11(2,8-5-18-21-20-8)19-10(22)9-7(13)3-6(4-17-9)12(14,15)16/h3-5H,1-2H3,(H,19,22)(H,18,20,21). The van der Waals surface area contributed by atoms with E-state index < -0.39 is 23.2 Å². The third-order valence-corrected chi connectivity index (χ3v) is 3.15. The SMILES string of the molecule is CC(C)(NC(=O)c1ncc(C(F)(F)F)cc1Cl)c1cn[nH]n1. The van der Waals surface area contributed by atoms with Gasteiger partial charge >= 0.3 is 6.18 Å². The molecule has 0 saturated heterocycles. The fourth-order valence-corrected chi connectivity index (χ4v) is 1.92. The van der Waals surface area contributed by atoms with Gasteiger partial charge in [0.05, 0.1) is 22.3 Å². The maximum absolute atomic E-state index is 12.5. The molecule has 0 atom stereocenters. The van der Waals surface area contributed by atoms with Crippen molar-refractivity contribution in [2.45, 2.75) is 25.6 Å². The zero-order valence-corrected chi connectivity index (χ0v) is 12.2. The van der Waals surface area contributed by atoms with Gasteiger partial charge in [0.1, 0.15) is 11.4 Å². The first kappa shape index (κ1) is 16.2. The highest BCUT2D eigenvalue weighted by molar-refractivity contribution is 6.33. The summed E-state index contributed by atoms with van der Waals surface area (Å²) in [4.78, 5) is 15.6. The highest BCUT2D eigenvalue weighted by atomic mass is 35.5. The minimum Gasteiger partial charge on any atom is -0.340 e. The van der Waals surface area contributed by atoms with E-state index in [-0.39, 0.29) is 10.7 Å². The number of rotatable bonds is 3. The van der Waals surface area contributed by atoms with E-state index in [0.717, 1.165) is 0 Å². The number of aromatic amines is 1. The molecule has 0 aliphatic heterocycles. The number of hydrogen-bond donors (Lipinski definition) is 2. The van der Waals surface area contributed by atoms with Crippen molar-refractivity contribution in [3.63, 3.8) is 0 Å². The number of halogens is 4. The summed E-state index contributed by atoms with van der Waals surface area (Å²) in [5, 5.41) is 12.1. The number of nitrogens with zero attached hydrogens (tertiary/aromatic N) is 3. The van der Waals surface area contributed by atoms with Crippen LogP contribution in [0, 0.1) is 0 Å². The highest BCUT2D eigenvalue weighted by Crippen LogP contribution is 2.31. The van der Waals surface area contributed by atoms with Crippen LogP contribution in [0.2, 0.25) is 5.02 Å². The van der Waals surface area contributed by atoms with Gasteiger partial charge in [0, 0.05) is 6.20 Å². The van der Waals surface area contributed by atoms with Crippen LogP contribution >= 0.6 is 11.6 Å². The average Bonchev–Trinajstić information content (AvgIpc) is 2.91. The van der Waals surface area contributed by atoms with E-state index >= 15 is 0 Å². The lowest BCUT2D eigenvalue weighted by molar-refractivity contribution is -0.137. The van der Waals surface area contributed by atoms with Gasteiger partial charge in [-0.25, -0.2) is 4.98 Å². The minimum atomic E-state index is -4.58. The molecule has 118 valence electrons. The first-order chi connectivity index (χ1) is 10.1. The Hall–Kier alpha value is -2.16. The van der Waals surface area contributed by atoms with Gasteiger partial charge in [-0.1, -0.05) is 11.6 Å². The number of hydrogen-bond acceptors (Lipinski definition) is 4. The van der Waals surface area contributed by atoms with Crippen LogP contribution < -0.4 is 5.32 Å². The number of alkyl halides is 3. The van der Waals surface area contributed by atoms with Gasteiger partial charge in [0.25, 0.3) is 5.91 Å². The minimum absolute atomic E-state index is 0.300. The van der Waals surface area contributed by atoms with Crippen LogP contribution in [0.1, 0.15) is 35.6 Å². The molecule has 0 aromatic carbocycles. The molecule has 2 aromatic rings. The average molecular weight is 334 g/mol. The lowest BCUT2D eigenvalue weighted by atomic mass is 10.0. The molecule has 6 nitrogen and oxygen atoms in total. The largest absolute Gasteiger partial charge is 0.417 e. The van der Waals surface area contributed by atoms with E-state index in [2.05, 4.69) is 25.7 Å². The second kappa shape index (κ2) is 5.56. The quantitative estimate of drug-likeness (QED) is 0.904. The maximum atomic E-state index is 12.5. The van der Waals surface area contributed by atoms with E-state index in [9.17, 15) is 18.0 Å². The van der Waals surface area contributed by atoms with E-state index in [1.165, 1.54) is 6.20 Å². The lowest BCUT2D eigenvalue weighted by Gasteiger charge is -2.23. The van der Waals surface area contributed by atoms with Gasteiger partial charge in [-0.3, -0.25) is 4.79 Å². The van der Waals surface area contributed by atoms with E-state index in [1.54, 1.807) is 13.8 Å². The summed E-state index contributed by atoms with van der Waals surface area (Å²) in [6.07, 6.45) is -2.60. The molecule has 0 saturated carbocycles. The Bertz CT molecular complexity index is 685. The number of nitrogens with one attached hydrogen (secondary N) is 2. The van der Waals surface area contributed by atoms with Gasteiger partial charge in [-0.15, -0.1) is 0 Å². The van der Waals surface area contributed by atoms with Gasteiger partial charge in [-0.2, -0.15) is 28.6 Å². The molecule has 0 radical (unpaired) electrons. The molecule has 0 unspecified atom stereocenters. The van der Waals surface area contributed by atoms with E-state index in [4.69, 9.17) is 11.6 Å². The molecule has 0 spiro atoms. The zero-order valence-electron chi connectivity index (χ0n) is 11.5. The Morgan fingerprint density at radius 1 is 1.32 bits per heavy atom. The number of pyridine rings is 1. The predicted molar refractivity (Wildman–Crippen MR) is 71.1 cm³/mol. The third-order valence-electron chi connectivity index (χ3n) is 2.86. The first-order valence-electron chi connectivity index (χ1n) is 6.03. The van der Waals surface area contributed by atoms with Crippen molar-refractivity contribution >= 4 is 17.5 Å². The molecule has 2 aromatic heterocycles. The fraction of sp³-hybridized carbons (Fsp3) is 0.333. The first-order valence-corrected chi connectivity index (χ1v) is 6.40. The van der Waals surface area contributed by atoms with Gasteiger partial charge in [0.15, 0.2) is 0 Å². The maximum Gasteiger partial charge on any atom is 0.417 e. The van der Waals surface area contributed by atoms with Crippen LogP contribution in [-0.2, 0) is 11.7 Å². The Labute approximate surface area is 128 Å². The lowest BCUT2D eigenvalue weighted by Crippen LogP contribution is -2.41. The van der Waals surface area contributed by atoms with Crippen molar-refractivity contribution in [2.24, 2.45) is 0 Å². The summed E-state index contributed by atoms with van der Waals surface area (Å²) >= 11 is 5.73. The molecular weight excluding hydrogens is 323 g/mol. The zero-order chi connectivity index (χ0) is 16.5. The molecule has 22 heavy (non-hydrogen) atoms. The molecule has 0 bridgehead atoms. The number of amides is 1. The monoisotopic (exact) mass is 333 g/mol. The summed E-state index contributed by atoms with van der Waals surface area (Å²) in [6.45, 7) is 3.31. The second-order valence-corrected chi connectivity index (χ2v) is 5.39. The van der Waals surface area contributed by atoms with Crippen LogP contribution in [-0.4, -0.2) is 26.3 Å². The third kappa shape index (κ3) is 3.35. The molecule has 1 amide bonds. The Morgan fingerprint density at radius 3 is 2.50 bits per heavy atom. The molecule has 2 N–H and O–H groups in total. The molecule has 2 heterocycles. The fourth-order valence-electron chi connectivity index (χ4n) is 1.67. The van der Waals surface area contributed by atoms with Crippen molar-refractivity contribution in [1.82, 2.24) is 25.7 Å². The molecule has 0 aliphatic rings. The van der Waals surface area contributed by atoms with Crippen LogP contribution in [0.25, 0.3) is 0 Å². The van der Waals surface area contributed by atoms with Crippen molar-refractivity contribution in [3.8, 4) is 0 Å². The number of aromatic nitrogens is 4. The Kier molecular flexibility index (Phi) is 4.10. The van der Waals surface area contributed by atoms with Gasteiger partial charge < -0.3 is 5.32 Å². The van der Waals surface area contributed by atoms with Crippen LogP contribution in [0.4, 0.5) is 13.2 Å². The normalized spacial score (nSPS) is 12.3. The molecular formula is C12H11ClF3N5O. The van der Waals surface area contributed by atoms with E-state index in [0.29, 0.717) is 18.0 Å².